The van der Waals surface area contributed by atoms with Crippen molar-refractivity contribution in [3.8, 4) is 11.5 Å². The fourth-order valence-electron chi connectivity index (χ4n) is 2.59. The first-order chi connectivity index (χ1) is 12.7. The van der Waals surface area contributed by atoms with E-state index in [4.69, 9.17) is 21.5 Å². The van der Waals surface area contributed by atoms with Gasteiger partial charge in [0, 0.05) is 12.1 Å². The van der Waals surface area contributed by atoms with Gasteiger partial charge >= 0.3 is 0 Å². The summed E-state index contributed by atoms with van der Waals surface area (Å²) in [6.07, 6.45) is 0. The van der Waals surface area contributed by atoms with Crippen molar-refractivity contribution in [1.82, 2.24) is 9.79 Å². The molecule has 0 saturated carbocycles. The Balaban J connectivity index is 2.23. The minimum Gasteiger partial charge on any atom is -0.457 e. The normalized spacial score (nSPS) is 12.9. The maximum Gasteiger partial charge on any atom is 0.262 e. The summed E-state index contributed by atoms with van der Waals surface area (Å²) >= 11 is 5.82. The first kappa shape index (κ1) is 21.2. The minimum absolute atomic E-state index is 0.00449. The number of nitrogens with zero attached hydrogens (tertiary/aromatic N) is 1. The third kappa shape index (κ3) is 4.98. The molecule has 0 unspecified atom stereocenters. The zero-order chi connectivity index (χ0) is 20.2. The summed E-state index contributed by atoms with van der Waals surface area (Å²) in [4.78, 5) is 11.9. The highest BCUT2D eigenvalue weighted by molar-refractivity contribution is 7.89. The molecule has 2 rings (SSSR count). The van der Waals surface area contributed by atoms with Crippen LogP contribution in [-0.2, 0) is 14.8 Å². The molecule has 27 heavy (non-hydrogen) atoms. The van der Waals surface area contributed by atoms with Gasteiger partial charge < -0.3 is 4.74 Å². The molecule has 146 valence electrons. The standard InChI is InChI=1S/C18H21ClN2O5S/c1-12(2)17(18(22)20-23)21(3)27(24,25)16-10-8-15(9-11-16)26-14-6-4-13(19)5-7-14/h4-12,17,23H,1-3H3,(H,20,22)/t17-/m1/s1. The molecule has 2 aromatic rings. The van der Waals surface area contributed by atoms with Crippen LogP contribution in [0.5, 0.6) is 11.5 Å². The Kier molecular flexibility index (Phi) is 6.83. The number of carbonyl (C=O) groups is 1. The second-order valence-electron chi connectivity index (χ2n) is 6.21. The largest absolute Gasteiger partial charge is 0.457 e. The zero-order valence-corrected chi connectivity index (χ0v) is 16.7. The predicted octanol–water partition coefficient (Wildman–Crippen LogP) is 3.28. The molecule has 7 nitrogen and oxygen atoms in total. The van der Waals surface area contributed by atoms with Crippen molar-refractivity contribution in [2.75, 3.05) is 7.05 Å². The summed E-state index contributed by atoms with van der Waals surface area (Å²) in [5.74, 6) is -0.123. The lowest BCUT2D eigenvalue weighted by atomic mass is 10.0. The molecule has 0 aliphatic heterocycles. The fraction of sp³-hybridized carbons (Fsp3) is 0.278. The van der Waals surface area contributed by atoms with Gasteiger partial charge in [0.1, 0.15) is 17.5 Å². The maximum atomic E-state index is 12.8. The van der Waals surface area contributed by atoms with Crippen LogP contribution in [0.1, 0.15) is 13.8 Å². The van der Waals surface area contributed by atoms with Crippen LogP contribution >= 0.6 is 11.6 Å². The van der Waals surface area contributed by atoms with Gasteiger partial charge in [-0.05, 0) is 54.4 Å². The van der Waals surface area contributed by atoms with Crippen molar-refractivity contribution in [2.45, 2.75) is 24.8 Å². The molecule has 0 spiro atoms. The minimum atomic E-state index is -3.95. The van der Waals surface area contributed by atoms with Crippen molar-refractivity contribution in [3.05, 3.63) is 53.6 Å². The lowest BCUT2D eigenvalue weighted by Crippen LogP contribution is -2.49. The van der Waals surface area contributed by atoms with Gasteiger partial charge in [0.05, 0.1) is 4.90 Å². The third-order valence-electron chi connectivity index (χ3n) is 3.95. The highest BCUT2D eigenvalue weighted by Gasteiger charge is 2.34. The molecule has 0 aliphatic carbocycles. The molecule has 1 atom stereocenters. The maximum absolute atomic E-state index is 12.8. The van der Waals surface area contributed by atoms with E-state index in [1.165, 1.54) is 36.8 Å². The predicted molar refractivity (Wildman–Crippen MR) is 101 cm³/mol. The molecule has 1 amide bonds. The summed E-state index contributed by atoms with van der Waals surface area (Å²) in [6.45, 7) is 3.38. The fourth-order valence-corrected chi connectivity index (χ4v) is 4.16. The van der Waals surface area contributed by atoms with E-state index in [0.717, 1.165) is 4.31 Å². The quantitative estimate of drug-likeness (QED) is 0.537. The number of benzene rings is 2. The van der Waals surface area contributed by atoms with Crippen LogP contribution < -0.4 is 10.2 Å². The van der Waals surface area contributed by atoms with Gasteiger partial charge in [-0.3, -0.25) is 10.0 Å². The smallest absolute Gasteiger partial charge is 0.262 e. The number of carbonyl (C=O) groups excluding carboxylic acids is 1. The van der Waals surface area contributed by atoms with Crippen molar-refractivity contribution >= 4 is 27.5 Å². The number of hydrogen-bond donors (Lipinski definition) is 2. The number of ether oxygens (including phenoxy) is 1. The van der Waals surface area contributed by atoms with Crippen molar-refractivity contribution in [3.63, 3.8) is 0 Å². The third-order valence-corrected chi connectivity index (χ3v) is 6.06. The average Bonchev–Trinajstić information content (AvgIpc) is 2.63. The molecule has 2 N–H and O–H groups in total. The SMILES string of the molecule is CC(C)[C@H](C(=O)NO)N(C)S(=O)(=O)c1ccc(Oc2ccc(Cl)cc2)cc1. The zero-order valence-electron chi connectivity index (χ0n) is 15.1. The molecule has 0 heterocycles. The van der Waals surface area contributed by atoms with E-state index in [-0.39, 0.29) is 10.8 Å². The summed E-state index contributed by atoms with van der Waals surface area (Å²) in [7, 11) is -2.65. The summed E-state index contributed by atoms with van der Waals surface area (Å²) < 4.78 is 32.2. The molecule has 0 bridgehead atoms. The number of likely N-dealkylation sites (N-methyl/N-ethyl adjacent to an activating group) is 1. The summed E-state index contributed by atoms with van der Waals surface area (Å²) in [6, 6.07) is 11.5. The molecule has 2 aromatic carbocycles. The van der Waals surface area contributed by atoms with Crippen molar-refractivity contribution < 1.29 is 23.2 Å². The molecule has 0 aromatic heterocycles. The van der Waals surface area contributed by atoms with E-state index in [0.29, 0.717) is 16.5 Å². The van der Waals surface area contributed by atoms with Crippen LogP contribution in [0.25, 0.3) is 0 Å². The molecule has 0 fully saturated rings. The van der Waals surface area contributed by atoms with E-state index in [1.54, 1.807) is 38.1 Å². The van der Waals surface area contributed by atoms with E-state index in [9.17, 15) is 13.2 Å². The van der Waals surface area contributed by atoms with E-state index < -0.39 is 22.0 Å². The molecule has 0 radical (unpaired) electrons. The van der Waals surface area contributed by atoms with Gasteiger partial charge in [-0.25, -0.2) is 13.9 Å². The first-order valence-electron chi connectivity index (χ1n) is 8.12. The Bertz CT molecular complexity index is 883. The first-order valence-corrected chi connectivity index (χ1v) is 9.94. The van der Waals surface area contributed by atoms with Crippen LogP contribution in [0.3, 0.4) is 0 Å². The molecule has 0 aliphatic rings. The number of amides is 1. The number of hydrogen-bond acceptors (Lipinski definition) is 5. The van der Waals surface area contributed by atoms with E-state index in [2.05, 4.69) is 0 Å². The van der Waals surface area contributed by atoms with E-state index in [1.807, 2.05) is 0 Å². The lowest BCUT2D eigenvalue weighted by Gasteiger charge is -2.28. The van der Waals surface area contributed by atoms with Crippen LogP contribution in [0.2, 0.25) is 5.02 Å². The van der Waals surface area contributed by atoms with Crippen LogP contribution in [0.4, 0.5) is 0 Å². The molecule has 0 saturated heterocycles. The van der Waals surface area contributed by atoms with Gasteiger partial charge in [0.15, 0.2) is 0 Å². The Morgan fingerprint density at radius 3 is 2.00 bits per heavy atom. The molecule has 9 heteroatoms. The van der Waals surface area contributed by atoms with Crippen LogP contribution in [0, 0.1) is 5.92 Å². The summed E-state index contributed by atoms with van der Waals surface area (Å²) in [5, 5.41) is 9.47. The van der Waals surface area contributed by atoms with Crippen molar-refractivity contribution in [1.29, 1.82) is 0 Å². The molecular formula is C18H21ClN2O5S. The van der Waals surface area contributed by atoms with Crippen molar-refractivity contribution in [2.24, 2.45) is 5.92 Å². The Morgan fingerprint density at radius 1 is 1.07 bits per heavy atom. The van der Waals surface area contributed by atoms with Gasteiger partial charge in [-0.15, -0.1) is 0 Å². The molecular weight excluding hydrogens is 392 g/mol. The van der Waals surface area contributed by atoms with Gasteiger partial charge in [0.25, 0.3) is 5.91 Å². The number of halogens is 1. The van der Waals surface area contributed by atoms with Gasteiger partial charge in [-0.1, -0.05) is 25.4 Å². The second-order valence-corrected chi connectivity index (χ2v) is 8.65. The highest BCUT2D eigenvalue weighted by atomic mass is 35.5. The second kappa shape index (κ2) is 8.71. The Labute approximate surface area is 163 Å². The Morgan fingerprint density at radius 2 is 1.56 bits per heavy atom. The van der Waals surface area contributed by atoms with Gasteiger partial charge in [-0.2, -0.15) is 4.31 Å². The number of nitrogens with one attached hydrogen (secondary N) is 1. The Hall–Kier alpha value is -2.13. The topological polar surface area (TPSA) is 95.9 Å². The number of sulfonamides is 1. The lowest BCUT2D eigenvalue weighted by molar-refractivity contribution is -0.134. The average molecular weight is 413 g/mol. The van der Waals surface area contributed by atoms with Gasteiger partial charge in [0.2, 0.25) is 10.0 Å². The van der Waals surface area contributed by atoms with Crippen LogP contribution in [-0.4, -0.2) is 36.9 Å². The number of rotatable bonds is 7. The monoisotopic (exact) mass is 412 g/mol. The van der Waals surface area contributed by atoms with Crippen LogP contribution in [0.15, 0.2) is 53.4 Å². The summed E-state index contributed by atoms with van der Waals surface area (Å²) in [5.41, 5.74) is 1.52. The number of hydroxylamine groups is 1. The highest BCUT2D eigenvalue weighted by Crippen LogP contribution is 2.26. The van der Waals surface area contributed by atoms with E-state index >= 15 is 0 Å².